The summed E-state index contributed by atoms with van der Waals surface area (Å²) in [7, 11) is 0. The fourth-order valence-electron chi connectivity index (χ4n) is 5.08. The summed E-state index contributed by atoms with van der Waals surface area (Å²) in [6, 6.07) is 32.8. The van der Waals surface area contributed by atoms with Crippen LogP contribution in [0.15, 0.2) is 97.1 Å². The van der Waals surface area contributed by atoms with Gasteiger partial charge in [0.15, 0.2) is 0 Å². The van der Waals surface area contributed by atoms with E-state index in [0.29, 0.717) is 13.2 Å². The topological polar surface area (TPSA) is 27.7 Å². The zero-order valence-corrected chi connectivity index (χ0v) is 22.9. The second-order valence-corrected chi connectivity index (χ2v) is 10.9. The van der Waals surface area contributed by atoms with E-state index in [-0.39, 0.29) is 11.5 Å². The lowest BCUT2D eigenvalue weighted by Gasteiger charge is -2.26. The van der Waals surface area contributed by atoms with Crippen LogP contribution in [0.3, 0.4) is 0 Å². The normalized spacial score (nSPS) is 15.5. The molecule has 0 saturated carbocycles. The fourth-order valence-corrected chi connectivity index (χ4v) is 5.21. The number of rotatable bonds is 11. The highest BCUT2D eigenvalue weighted by Crippen LogP contribution is 2.47. The van der Waals surface area contributed by atoms with Gasteiger partial charge in [-0.3, -0.25) is 0 Å². The quantitative estimate of drug-likeness (QED) is 0.183. The van der Waals surface area contributed by atoms with Crippen LogP contribution in [0, 0.1) is 0 Å². The van der Waals surface area contributed by atoms with E-state index in [1.54, 1.807) is 0 Å². The van der Waals surface area contributed by atoms with Gasteiger partial charge >= 0.3 is 0 Å². The molecule has 1 aliphatic rings. The van der Waals surface area contributed by atoms with Crippen molar-refractivity contribution in [1.29, 1.82) is 0 Å². The van der Waals surface area contributed by atoms with E-state index in [9.17, 15) is 0 Å². The molecule has 0 saturated heterocycles. The third kappa shape index (κ3) is 6.34. The molecule has 196 valence electrons. The molecular weight excluding hydrogens is 492 g/mol. The Kier molecular flexibility index (Phi) is 8.24. The minimum atomic E-state index is -0.123. The zero-order chi connectivity index (χ0) is 26.4. The molecular formula is C34H35ClO3. The summed E-state index contributed by atoms with van der Waals surface area (Å²) in [4.78, 5) is 0. The maximum atomic E-state index is 6.59. The summed E-state index contributed by atoms with van der Waals surface area (Å²) in [5.74, 6) is 2.81. The monoisotopic (exact) mass is 526 g/mol. The summed E-state index contributed by atoms with van der Waals surface area (Å²) in [5.41, 5.74) is 4.68. The van der Waals surface area contributed by atoms with Crippen molar-refractivity contribution in [2.24, 2.45) is 0 Å². The van der Waals surface area contributed by atoms with Crippen LogP contribution in [0.5, 0.6) is 17.2 Å². The second kappa shape index (κ2) is 12.0. The Bertz CT molecular complexity index is 1320. The van der Waals surface area contributed by atoms with Gasteiger partial charge in [-0.15, -0.1) is 0 Å². The van der Waals surface area contributed by atoms with Crippen LogP contribution in [-0.4, -0.2) is 12.7 Å². The summed E-state index contributed by atoms with van der Waals surface area (Å²) < 4.78 is 19.0. The van der Waals surface area contributed by atoms with Crippen LogP contribution in [0.1, 0.15) is 48.9 Å². The number of halogens is 1. The van der Waals surface area contributed by atoms with Crippen LogP contribution in [0.2, 0.25) is 5.02 Å². The van der Waals surface area contributed by atoms with E-state index in [4.69, 9.17) is 25.8 Å². The lowest BCUT2D eigenvalue weighted by molar-refractivity contribution is 0.155. The van der Waals surface area contributed by atoms with Gasteiger partial charge in [0.05, 0.1) is 6.61 Å². The van der Waals surface area contributed by atoms with Crippen LogP contribution in [0.4, 0.5) is 0 Å². The Labute approximate surface area is 231 Å². The number of para-hydroxylation sites is 1. The maximum absolute atomic E-state index is 6.59. The molecule has 5 rings (SSSR count). The van der Waals surface area contributed by atoms with Crippen molar-refractivity contribution >= 4 is 11.6 Å². The van der Waals surface area contributed by atoms with Gasteiger partial charge in [0, 0.05) is 16.0 Å². The third-order valence-electron chi connectivity index (χ3n) is 7.38. The van der Waals surface area contributed by atoms with Crippen molar-refractivity contribution in [3.05, 3.63) is 124 Å². The molecule has 0 amide bonds. The zero-order valence-electron chi connectivity index (χ0n) is 22.2. The Hall–Kier alpha value is -3.43. The molecule has 4 heteroatoms. The average molecular weight is 527 g/mol. The van der Waals surface area contributed by atoms with Gasteiger partial charge in [0.2, 0.25) is 0 Å². The smallest absolute Gasteiger partial charge is 0.124 e. The molecule has 0 fully saturated rings. The van der Waals surface area contributed by atoms with Gasteiger partial charge in [0.1, 0.15) is 30.0 Å². The van der Waals surface area contributed by atoms with Gasteiger partial charge in [-0.05, 0) is 78.8 Å². The first-order valence-corrected chi connectivity index (χ1v) is 13.8. The highest BCUT2D eigenvalue weighted by molar-refractivity contribution is 6.30. The van der Waals surface area contributed by atoms with Crippen molar-refractivity contribution in [2.45, 2.75) is 57.7 Å². The largest absolute Gasteiger partial charge is 0.494 e. The Morgan fingerprint density at radius 1 is 0.789 bits per heavy atom. The molecule has 0 N–H and O–H groups in total. The molecule has 3 nitrogen and oxygen atoms in total. The first-order chi connectivity index (χ1) is 18.5. The minimum absolute atomic E-state index is 0.0896. The average Bonchev–Trinajstić information content (AvgIpc) is 3.19. The SMILES string of the molecule is CC1(C)c2cc(OCc3ccccc3)c(CCCOc3ccccc3)cc2OC1CCc1ccc(Cl)cc1. The van der Waals surface area contributed by atoms with Gasteiger partial charge in [-0.2, -0.15) is 0 Å². The highest BCUT2D eigenvalue weighted by atomic mass is 35.5. The Balaban J connectivity index is 1.31. The Morgan fingerprint density at radius 2 is 1.50 bits per heavy atom. The number of hydrogen-bond acceptors (Lipinski definition) is 3. The molecule has 38 heavy (non-hydrogen) atoms. The van der Waals surface area contributed by atoms with Crippen LogP contribution in [-0.2, 0) is 24.9 Å². The van der Waals surface area contributed by atoms with Gasteiger partial charge in [0.25, 0.3) is 0 Å². The fraction of sp³-hybridized carbons (Fsp3) is 0.294. The molecule has 1 aliphatic heterocycles. The van der Waals surface area contributed by atoms with E-state index in [0.717, 1.165) is 59.1 Å². The predicted molar refractivity (Wildman–Crippen MR) is 155 cm³/mol. The number of hydrogen-bond donors (Lipinski definition) is 0. The summed E-state index contributed by atoms with van der Waals surface area (Å²) in [5, 5.41) is 0.767. The van der Waals surface area contributed by atoms with Crippen LogP contribution >= 0.6 is 11.6 Å². The van der Waals surface area contributed by atoms with E-state index in [1.807, 2.05) is 60.7 Å². The van der Waals surface area contributed by atoms with Crippen molar-refractivity contribution < 1.29 is 14.2 Å². The summed E-state index contributed by atoms with van der Waals surface area (Å²) >= 11 is 6.07. The number of aryl methyl sites for hydroxylation is 2. The van der Waals surface area contributed by atoms with Crippen molar-refractivity contribution in [2.75, 3.05) is 6.61 Å². The molecule has 0 aromatic heterocycles. The first-order valence-electron chi connectivity index (χ1n) is 13.4. The molecule has 1 atom stereocenters. The molecule has 1 heterocycles. The molecule has 0 aliphatic carbocycles. The maximum Gasteiger partial charge on any atom is 0.124 e. The summed E-state index contributed by atoms with van der Waals surface area (Å²) in [6.07, 6.45) is 3.71. The molecule has 0 spiro atoms. The number of fused-ring (bicyclic) bond motifs is 1. The molecule has 0 radical (unpaired) electrons. The molecule has 4 aromatic rings. The third-order valence-corrected chi connectivity index (χ3v) is 7.63. The van der Waals surface area contributed by atoms with E-state index in [2.05, 4.69) is 50.2 Å². The Morgan fingerprint density at radius 3 is 2.24 bits per heavy atom. The van der Waals surface area contributed by atoms with Crippen molar-refractivity contribution in [3.63, 3.8) is 0 Å². The van der Waals surface area contributed by atoms with E-state index < -0.39 is 0 Å². The second-order valence-electron chi connectivity index (χ2n) is 10.5. The number of benzene rings is 4. The van der Waals surface area contributed by atoms with Gasteiger partial charge in [-0.1, -0.05) is 86.1 Å². The van der Waals surface area contributed by atoms with E-state index in [1.165, 1.54) is 11.1 Å². The summed E-state index contributed by atoms with van der Waals surface area (Å²) in [6.45, 7) is 5.74. The standard InChI is InChI=1S/C34H35ClO3/c1-34(2)30-23-31(37-24-26-10-5-3-6-11-26)27(12-9-21-36-29-13-7-4-8-14-29)22-32(30)38-33(34)20-17-25-15-18-28(35)19-16-25/h3-8,10-11,13-16,18-19,22-23,33H,9,12,17,20-21,24H2,1-2H3. The highest BCUT2D eigenvalue weighted by Gasteiger charge is 2.42. The van der Waals surface area contributed by atoms with Crippen molar-refractivity contribution in [1.82, 2.24) is 0 Å². The molecule has 1 unspecified atom stereocenters. The van der Waals surface area contributed by atoms with Crippen LogP contribution < -0.4 is 14.2 Å². The predicted octanol–water partition coefficient (Wildman–Crippen LogP) is 8.60. The minimum Gasteiger partial charge on any atom is -0.494 e. The molecule has 0 bridgehead atoms. The van der Waals surface area contributed by atoms with Gasteiger partial charge < -0.3 is 14.2 Å². The lowest BCUT2D eigenvalue weighted by Crippen LogP contribution is -2.32. The first kappa shape index (κ1) is 26.2. The van der Waals surface area contributed by atoms with Crippen LogP contribution in [0.25, 0.3) is 0 Å². The van der Waals surface area contributed by atoms with Gasteiger partial charge in [-0.25, -0.2) is 0 Å². The molecule has 4 aromatic carbocycles. The lowest BCUT2D eigenvalue weighted by atomic mass is 9.78. The van der Waals surface area contributed by atoms with E-state index >= 15 is 0 Å². The number of ether oxygens (including phenoxy) is 3. The van der Waals surface area contributed by atoms with Crippen molar-refractivity contribution in [3.8, 4) is 17.2 Å².